The van der Waals surface area contributed by atoms with Crippen molar-refractivity contribution < 1.29 is 28.3 Å². The van der Waals surface area contributed by atoms with Gasteiger partial charge >= 0.3 is 11.7 Å². The summed E-state index contributed by atoms with van der Waals surface area (Å²) in [5, 5.41) is 10.9. The number of rotatable bonds is 7. The standard InChI is InChI=1S/C20H17BrN2O8/c21-14-10-18-17(28-6-7-29-18)8-12(14)11-30-19(24)2-1-5-22-15-4-3-13(23(26)27)9-16(15)31-20(22)25/h3-4,8-10H,1-2,5-7,11H2. The summed E-state index contributed by atoms with van der Waals surface area (Å²) >= 11 is 3.43. The molecule has 0 aliphatic carbocycles. The number of non-ortho nitro benzene ring substituents is 1. The van der Waals surface area contributed by atoms with Crippen LogP contribution < -0.4 is 15.2 Å². The van der Waals surface area contributed by atoms with E-state index in [4.69, 9.17) is 18.6 Å². The Balaban J connectivity index is 1.33. The van der Waals surface area contributed by atoms with Crippen molar-refractivity contribution in [1.29, 1.82) is 0 Å². The van der Waals surface area contributed by atoms with Crippen molar-refractivity contribution in [2.45, 2.75) is 26.0 Å². The van der Waals surface area contributed by atoms with Crippen molar-refractivity contribution in [3.63, 3.8) is 0 Å². The number of nitrogens with zero attached hydrogens (tertiary/aromatic N) is 2. The number of esters is 1. The number of fused-ring (bicyclic) bond motifs is 2. The molecular formula is C20H17BrN2O8. The zero-order valence-electron chi connectivity index (χ0n) is 16.2. The molecule has 0 fully saturated rings. The highest BCUT2D eigenvalue weighted by molar-refractivity contribution is 9.10. The van der Waals surface area contributed by atoms with Gasteiger partial charge in [-0.1, -0.05) is 15.9 Å². The van der Waals surface area contributed by atoms with Crippen LogP contribution in [0.3, 0.4) is 0 Å². The van der Waals surface area contributed by atoms with E-state index in [1.807, 2.05) is 0 Å². The first-order valence-electron chi connectivity index (χ1n) is 9.44. The minimum absolute atomic E-state index is 0.0638. The number of halogens is 1. The number of aromatic nitrogens is 1. The predicted molar refractivity (Wildman–Crippen MR) is 111 cm³/mol. The molecule has 31 heavy (non-hydrogen) atoms. The molecule has 4 rings (SSSR count). The van der Waals surface area contributed by atoms with E-state index >= 15 is 0 Å². The highest BCUT2D eigenvalue weighted by Gasteiger charge is 2.17. The number of ether oxygens (including phenoxy) is 3. The fourth-order valence-electron chi connectivity index (χ4n) is 3.21. The number of benzene rings is 2. The number of aryl methyl sites for hydroxylation is 1. The smallest absolute Gasteiger partial charge is 0.419 e. The molecule has 0 amide bonds. The Hall–Kier alpha value is -3.34. The summed E-state index contributed by atoms with van der Waals surface area (Å²) < 4.78 is 23.5. The summed E-state index contributed by atoms with van der Waals surface area (Å²) in [7, 11) is 0. The lowest BCUT2D eigenvalue weighted by Gasteiger charge is -2.19. The van der Waals surface area contributed by atoms with E-state index in [1.54, 1.807) is 12.1 Å². The first-order valence-corrected chi connectivity index (χ1v) is 10.2. The van der Waals surface area contributed by atoms with Crippen molar-refractivity contribution in [1.82, 2.24) is 4.57 Å². The number of nitro benzene ring substituents is 1. The average Bonchev–Trinajstić information content (AvgIpc) is 3.06. The fraction of sp³-hybridized carbons (Fsp3) is 0.300. The number of carbonyl (C=O) groups excluding carboxylic acids is 1. The van der Waals surface area contributed by atoms with E-state index in [9.17, 15) is 19.7 Å². The molecule has 0 spiro atoms. The van der Waals surface area contributed by atoms with Gasteiger partial charge in [0, 0.05) is 29.1 Å². The van der Waals surface area contributed by atoms with E-state index in [1.165, 1.54) is 22.8 Å². The topological polar surface area (TPSA) is 123 Å². The van der Waals surface area contributed by atoms with Gasteiger partial charge in [-0.3, -0.25) is 19.5 Å². The highest BCUT2D eigenvalue weighted by Crippen LogP contribution is 2.35. The second-order valence-electron chi connectivity index (χ2n) is 6.78. The van der Waals surface area contributed by atoms with Crippen LogP contribution >= 0.6 is 15.9 Å². The normalized spacial score (nSPS) is 12.7. The second-order valence-corrected chi connectivity index (χ2v) is 7.63. The quantitative estimate of drug-likeness (QED) is 0.278. The lowest BCUT2D eigenvalue weighted by molar-refractivity contribution is -0.384. The van der Waals surface area contributed by atoms with Crippen LogP contribution in [0.2, 0.25) is 0 Å². The van der Waals surface area contributed by atoms with Gasteiger partial charge in [-0.2, -0.15) is 0 Å². The molecule has 0 saturated heterocycles. The average molecular weight is 493 g/mol. The van der Waals surface area contributed by atoms with Crippen molar-refractivity contribution in [2.75, 3.05) is 13.2 Å². The molecule has 2 aromatic carbocycles. The molecule has 10 nitrogen and oxygen atoms in total. The molecule has 1 aliphatic heterocycles. The van der Waals surface area contributed by atoms with Gasteiger partial charge in [0.2, 0.25) is 0 Å². The van der Waals surface area contributed by atoms with Crippen LogP contribution in [0.5, 0.6) is 11.5 Å². The van der Waals surface area contributed by atoms with Crippen LogP contribution in [0.4, 0.5) is 5.69 Å². The maximum atomic E-state index is 12.1. The largest absolute Gasteiger partial charge is 0.486 e. The summed E-state index contributed by atoms with van der Waals surface area (Å²) in [6.45, 7) is 1.23. The number of nitro groups is 1. The molecule has 162 valence electrons. The van der Waals surface area contributed by atoms with Crippen LogP contribution in [0.1, 0.15) is 18.4 Å². The van der Waals surface area contributed by atoms with E-state index in [2.05, 4.69) is 15.9 Å². The minimum atomic E-state index is -0.635. The Labute approximate surface area is 183 Å². The third-order valence-corrected chi connectivity index (χ3v) is 5.46. The Morgan fingerprint density at radius 2 is 1.94 bits per heavy atom. The lowest BCUT2D eigenvalue weighted by atomic mass is 10.2. The summed E-state index contributed by atoms with van der Waals surface area (Å²) in [5.74, 6) is 0.186. The molecule has 0 atom stereocenters. The summed E-state index contributed by atoms with van der Waals surface area (Å²) in [5.41, 5.74) is 1.15. The first kappa shape index (κ1) is 20.9. The Morgan fingerprint density at radius 3 is 2.68 bits per heavy atom. The van der Waals surface area contributed by atoms with Crippen LogP contribution in [0, 0.1) is 10.1 Å². The molecule has 0 saturated carbocycles. The number of hydrogen-bond donors (Lipinski definition) is 0. The van der Waals surface area contributed by atoms with Crippen LogP contribution in [0.15, 0.2) is 44.0 Å². The maximum absolute atomic E-state index is 12.1. The molecule has 0 bridgehead atoms. The molecule has 1 aliphatic rings. The van der Waals surface area contributed by atoms with Gasteiger partial charge < -0.3 is 18.6 Å². The number of carbonyl (C=O) groups is 1. The molecule has 0 radical (unpaired) electrons. The van der Waals surface area contributed by atoms with Crippen molar-refractivity contribution in [3.8, 4) is 11.5 Å². The highest BCUT2D eigenvalue weighted by atomic mass is 79.9. The summed E-state index contributed by atoms with van der Waals surface area (Å²) in [4.78, 5) is 34.5. The Morgan fingerprint density at radius 1 is 1.19 bits per heavy atom. The fourth-order valence-corrected chi connectivity index (χ4v) is 3.65. The SMILES string of the molecule is O=C(CCCn1c(=O)oc2cc([N+](=O)[O-])ccc21)OCc1cc2c(cc1Br)OCCO2. The monoisotopic (exact) mass is 492 g/mol. The van der Waals surface area contributed by atoms with Crippen LogP contribution in [-0.2, 0) is 22.7 Å². The summed E-state index contributed by atoms with van der Waals surface area (Å²) in [6.07, 6.45) is 0.431. The van der Waals surface area contributed by atoms with Gasteiger partial charge in [0.05, 0.1) is 16.5 Å². The lowest BCUT2D eigenvalue weighted by Crippen LogP contribution is -2.16. The zero-order chi connectivity index (χ0) is 22.0. The Kier molecular flexibility index (Phi) is 5.94. The molecule has 2 heterocycles. The van der Waals surface area contributed by atoms with Gasteiger partial charge in [0.15, 0.2) is 17.1 Å². The van der Waals surface area contributed by atoms with Crippen molar-refractivity contribution in [2.24, 2.45) is 0 Å². The number of oxazole rings is 1. The predicted octanol–water partition coefficient (Wildman–Crippen LogP) is 3.56. The Bertz CT molecular complexity index is 1220. The second kappa shape index (κ2) is 8.80. The van der Waals surface area contributed by atoms with Crippen LogP contribution in [0.25, 0.3) is 11.1 Å². The number of hydrogen-bond acceptors (Lipinski definition) is 8. The van der Waals surface area contributed by atoms with Gasteiger partial charge in [0.1, 0.15) is 19.8 Å². The van der Waals surface area contributed by atoms with Gasteiger partial charge in [0.25, 0.3) is 5.69 Å². The van der Waals surface area contributed by atoms with E-state index in [-0.39, 0.29) is 30.8 Å². The van der Waals surface area contributed by atoms with Gasteiger partial charge in [-0.25, -0.2) is 4.79 Å². The van der Waals surface area contributed by atoms with E-state index in [0.29, 0.717) is 36.7 Å². The molecule has 1 aromatic heterocycles. The third-order valence-electron chi connectivity index (χ3n) is 4.73. The van der Waals surface area contributed by atoms with E-state index in [0.717, 1.165) is 10.0 Å². The third kappa shape index (κ3) is 4.55. The van der Waals surface area contributed by atoms with E-state index < -0.39 is 16.6 Å². The molecular weight excluding hydrogens is 476 g/mol. The van der Waals surface area contributed by atoms with Crippen LogP contribution in [-0.4, -0.2) is 28.7 Å². The van der Waals surface area contributed by atoms with Gasteiger partial charge in [-0.15, -0.1) is 0 Å². The zero-order valence-corrected chi connectivity index (χ0v) is 17.8. The van der Waals surface area contributed by atoms with Gasteiger partial charge in [-0.05, 0) is 24.6 Å². The maximum Gasteiger partial charge on any atom is 0.419 e. The van der Waals surface area contributed by atoms with Crippen molar-refractivity contribution >= 4 is 38.7 Å². The summed E-state index contributed by atoms with van der Waals surface area (Å²) in [6, 6.07) is 7.50. The molecule has 11 heteroatoms. The molecule has 3 aromatic rings. The molecule has 0 N–H and O–H groups in total. The first-order chi connectivity index (χ1) is 14.9. The minimum Gasteiger partial charge on any atom is -0.486 e. The molecule has 0 unspecified atom stereocenters. The van der Waals surface area contributed by atoms with Crippen molar-refractivity contribution in [3.05, 3.63) is 61.0 Å².